The van der Waals surface area contributed by atoms with Crippen LogP contribution in [0.4, 0.5) is 5.69 Å². The predicted molar refractivity (Wildman–Crippen MR) is 90.8 cm³/mol. The summed E-state index contributed by atoms with van der Waals surface area (Å²) in [6.45, 7) is 2.67. The van der Waals surface area contributed by atoms with E-state index in [0.717, 1.165) is 15.7 Å². The number of halogens is 2. The Morgan fingerprint density at radius 2 is 1.90 bits per heavy atom. The lowest BCUT2D eigenvalue weighted by atomic mass is 10.1. The van der Waals surface area contributed by atoms with Crippen LogP contribution >= 0.6 is 27.5 Å². The van der Waals surface area contributed by atoms with Gasteiger partial charge in [-0.2, -0.15) is 0 Å². The van der Waals surface area contributed by atoms with Crippen LogP contribution in [0.5, 0.6) is 11.5 Å². The molecule has 0 aliphatic heterocycles. The molecule has 0 bridgehead atoms. The highest BCUT2D eigenvalue weighted by atomic mass is 79.9. The number of anilines is 1. The Kier molecular flexibility index (Phi) is 5.37. The van der Waals surface area contributed by atoms with Crippen molar-refractivity contribution in [1.82, 2.24) is 0 Å². The van der Waals surface area contributed by atoms with Gasteiger partial charge in [-0.05, 0) is 36.2 Å². The fourth-order valence-electron chi connectivity index (χ4n) is 2.04. The Labute approximate surface area is 138 Å². The fraction of sp³-hybridized carbons (Fsp3) is 0.250. The number of methoxy groups -OCH3 is 2. The highest BCUT2D eigenvalue weighted by molar-refractivity contribution is 9.10. The molecule has 0 saturated heterocycles. The molecule has 2 aromatic carbocycles. The first-order valence-electron chi connectivity index (χ1n) is 6.46. The highest BCUT2D eigenvalue weighted by Crippen LogP contribution is 2.37. The molecule has 0 radical (unpaired) electrons. The molecule has 0 atom stereocenters. The van der Waals surface area contributed by atoms with Gasteiger partial charge >= 0.3 is 0 Å². The first-order valence-corrected chi connectivity index (χ1v) is 7.63. The normalized spacial score (nSPS) is 10.3. The van der Waals surface area contributed by atoms with Crippen LogP contribution < -0.4 is 14.8 Å². The number of aryl methyl sites for hydroxylation is 1. The van der Waals surface area contributed by atoms with E-state index >= 15 is 0 Å². The molecule has 0 aromatic heterocycles. The van der Waals surface area contributed by atoms with E-state index < -0.39 is 0 Å². The van der Waals surface area contributed by atoms with Gasteiger partial charge in [0.15, 0.2) is 11.5 Å². The van der Waals surface area contributed by atoms with Gasteiger partial charge in [0.2, 0.25) is 0 Å². The smallest absolute Gasteiger partial charge is 0.179 e. The molecule has 0 unspecified atom stereocenters. The van der Waals surface area contributed by atoms with Crippen molar-refractivity contribution < 1.29 is 9.47 Å². The van der Waals surface area contributed by atoms with Gasteiger partial charge in [0, 0.05) is 16.7 Å². The SMILES string of the molecule is COc1ccc(CNc2cc(Br)ccc2C)c(Cl)c1OC. The Balaban J connectivity index is 2.22. The van der Waals surface area contributed by atoms with Crippen LogP contribution in [-0.2, 0) is 6.54 Å². The van der Waals surface area contributed by atoms with Crippen molar-refractivity contribution in [3.8, 4) is 11.5 Å². The lowest BCUT2D eigenvalue weighted by molar-refractivity contribution is 0.355. The third-order valence-electron chi connectivity index (χ3n) is 3.23. The lowest BCUT2D eigenvalue weighted by Gasteiger charge is -2.15. The second-order valence-corrected chi connectivity index (χ2v) is 5.88. The second kappa shape index (κ2) is 7.05. The van der Waals surface area contributed by atoms with Crippen LogP contribution in [0.15, 0.2) is 34.8 Å². The van der Waals surface area contributed by atoms with Gasteiger partial charge in [0.1, 0.15) is 0 Å². The van der Waals surface area contributed by atoms with E-state index in [4.69, 9.17) is 21.1 Å². The quantitative estimate of drug-likeness (QED) is 0.800. The molecule has 2 rings (SSSR count). The standard InChI is InChI=1S/C16H17BrClNO2/c1-10-4-6-12(17)8-13(10)19-9-11-5-7-14(20-2)16(21-3)15(11)18/h4-8,19H,9H2,1-3H3. The summed E-state index contributed by atoms with van der Waals surface area (Å²) >= 11 is 9.85. The summed E-state index contributed by atoms with van der Waals surface area (Å²) in [7, 11) is 3.18. The van der Waals surface area contributed by atoms with E-state index in [1.165, 1.54) is 5.56 Å². The Hall–Kier alpha value is -1.39. The monoisotopic (exact) mass is 369 g/mol. The maximum absolute atomic E-state index is 6.38. The molecule has 1 N–H and O–H groups in total. The molecule has 2 aromatic rings. The lowest BCUT2D eigenvalue weighted by Crippen LogP contribution is -2.03. The molecule has 0 saturated carbocycles. The first kappa shape index (κ1) is 16.0. The summed E-state index contributed by atoms with van der Waals surface area (Å²) in [5.41, 5.74) is 3.19. The maximum atomic E-state index is 6.38. The molecule has 3 nitrogen and oxygen atoms in total. The van der Waals surface area contributed by atoms with Crippen LogP contribution in [0.25, 0.3) is 0 Å². The minimum atomic E-state index is 0.560. The number of hydrogen-bond donors (Lipinski definition) is 1. The third-order valence-corrected chi connectivity index (χ3v) is 4.14. The summed E-state index contributed by atoms with van der Waals surface area (Å²) in [6.07, 6.45) is 0. The largest absolute Gasteiger partial charge is 0.493 e. The zero-order valence-corrected chi connectivity index (χ0v) is 14.5. The average Bonchev–Trinajstić information content (AvgIpc) is 2.48. The van der Waals surface area contributed by atoms with Gasteiger partial charge in [-0.15, -0.1) is 0 Å². The van der Waals surface area contributed by atoms with E-state index in [1.807, 2.05) is 24.3 Å². The van der Waals surface area contributed by atoms with Crippen LogP contribution in [0.3, 0.4) is 0 Å². The van der Waals surface area contributed by atoms with Crippen molar-refractivity contribution in [3.63, 3.8) is 0 Å². The van der Waals surface area contributed by atoms with E-state index in [9.17, 15) is 0 Å². The Morgan fingerprint density at radius 3 is 2.57 bits per heavy atom. The number of rotatable bonds is 5. The summed E-state index contributed by atoms with van der Waals surface area (Å²) in [5, 5.41) is 3.96. The van der Waals surface area contributed by atoms with Crippen molar-refractivity contribution in [2.24, 2.45) is 0 Å². The maximum Gasteiger partial charge on any atom is 0.179 e. The van der Waals surface area contributed by atoms with Crippen LogP contribution in [0.2, 0.25) is 5.02 Å². The molecule has 0 amide bonds. The Morgan fingerprint density at radius 1 is 1.14 bits per heavy atom. The average molecular weight is 371 g/mol. The Bertz CT molecular complexity index is 646. The number of nitrogens with one attached hydrogen (secondary N) is 1. The van der Waals surface area contributed by atoms with E-state index in [0.29, 0.717) is 23.1 Å². The zero-order chi connectivity index (χ0) is 15.4. The minimum absolute atomic E-state index is 0.560. The summed E-state index contributed by atoms with van der Waals surface area (Å²) in [6, 6.07) is 9.91. The minimum Gasteiger partial charge on any atom is -0.493 e. The number of hydrogen-bond acceptors (Lipinski definition) is 3. The summed E-state index contributed by atoms with van der Waals surface area (Å²) in [5.74, 6) is 1.19. The second-order valence-electron chi connectivity index (χ2n) is 4.59. The summed E-state index contributed by atoms with van der Waals surface area (Å²) in [4.78, 5) is 0. The fourth-order valence-corrected chi connectivity index (χ4v) is 2.70. The van der Waals surface area contributed by atoms with Gasteiger partial charge in [-0.25, -0.2) is 0 Å². The van der Waals surface area contributed by atoms with Crippen LogP contribution in [0.1, 0.15) is 11.1 Å². The first-order chi connectivity index (χ1) is 10.1. The molecule has 0 fully saturated rings. The molecule has 21 heavy (non-hydrogen) atoms. The van der Waals surface area contributed by atoms with Gasteiger partial charge in [0.25, 0.3) is 0 Å². The molecular weight excluding hydrogens is 354 g/mol. The zero-order valence-electron chi connectivity index (χ0n) is 12.2. The van der Waals surface area contributed by atoms with Gasteiger partial charge < -0.3 is 14.8 Å². The molecule has 5 heteroatoms. The molecule has 0 aliphatic rings. The summed E-state index contributed by atoms with van der Waals surface area (Å²) < 4.78 is 11.6. The molecule has 0 heterocycles. The third kappa shape index (κ3) is 3.63. The predicted octanol–water partition coefficient (Wildman–Crippen LogP) is 5.04. The number of ether oxygens (including phenoxy) is 2. The van der Waals surface area contributed by atoms with Crippen LogP contribution in [-0.4, -0.2) is 14.2 Å². The number of benzene rings is 2. The van der Waals surface area contributed by atoms with E-state index in [1.54, 1.807) is 14.2 Å². The van der Waals surface area contributed by atoms with Crippen LogP contribution in [0, 0.1) is 6.92 Å². The van der Waals surface area contributed by atoms with Crippen molar-refractivity contribution in [2.45, 2.75) is 13.5 Å². The van der Waals surface area contributed by atoms with E-state index in [-0.39, 0.29) is 0 Å². The molecular formula is C16H17BrClNO2. The van der Waals surface area contributed by atoms with Crippen molar-refractivity contribution in [3.05, 3.63) is 51.0 Å². The van der Waals surface area contributed by atoms with Gasteiger partial charge in [-0.3, -0.25) is 0 Å². The molecule has 0 spiro atoms. The van der Waals surface area contributed by atoms with Crippen molar-refractivity contribution >= 4 is 33.2 Å². The molecule has 0 aliphatic carbocycles. The highest BCUT2D eigenvalue weighted by Gasteiger charge is 2.13. The van der Waals surface area contributed by atoms with E-state index in [2.05, 4.69) is 34.2 Å². The topological polar surface area (TPSA) is 30.5 Å². The van der Waals surface area contributed by atoms with Crippen molar-refractivity contribution in [2.75, 3.05) is 19.5 Å². The molecule has 112 valence electrons. The van der Waals surface area contributed by atoms with Gasteiger partial charge in [0.05, 0.1) is 19.2 Å². The van der Waals surface area contributed by atoms with Crippen molar-refractivity contribution in [1.29, 1.82) is 0 Å². The van der Waals surface area contributed by atoms with Gasteiger partial charge in [-0.1, -0.05) is 39.7 Å².